The van der Waals surface area contributed by atoms with E-state index < -0.39 is 29.4 Å². The number of amides is 1. The van der Waals surface area contributed by atoms with E-state index in [0.717, 1.165) is 11.0 Å². The number of carbonyl (C=O) groups excluding carboxylic acids is 1. The van der Waals surface area contributed by atoms with E-state index in [0.29, 0.717) is 6.42 Å². The van der Waals surface area contributed by atoms with Gasteiger partial charge in [0, 0.05) is 6.54 Å². The van der Waals surface area contributed by atoms with Crippen LogP contribution in [0.3, 0.4) is 0 Å². The minimum Gasteiger partial charge on any atom is -0.493 e. The van der Waals surface area contributed by atoms with Crippen LogP contribution in [-0.4, -0.2) is 41.1 Å². The Morgan fingerprint density at radius 1 is 1.41 bits per heavy atom. The zero-order valence-electron chi connectivity index (χ0n) is 12.1. The van der Waals surface area contributed by atoms with Crippen molar-refractivity contribution < 1.29 is 28.2 Å². The second-order valence-electron chi connectivity index (χ2n) is 5.00. The summed E-state index contributed by atoms with van der Waals surface area (Å²) in [7, 11) is 0. The summed E-state index contributed by atoms with van der Waals surface area (Å²) in [6, 6.07) is 4.20. The molecule has 0 aliphatic carbocycles. The first-order chi connectivity index (χ1) is 10.4. The normalized spacial score (nSPS) is 18.3. The molecule has 0 spiro atoms. The zero-order chi connectivity index (χ0) is 16.3. The van der Waals surface area contributed by atoms with E-state index in [1.165, 1.54) is 18.2 Å². The lowest BCUT2D eigenvalue weighted by atomic mass is 10.1. The number of likely N-dealkylation sites (tertiary alicyclic amines) is 1. The molecule has 1 amide bonds. The highest BCUT2D eigenvalue weighted by molar-refractivity contribution is 5.90. The highest BCUT2D eigenvalue weighted by Gasteiger charge is 2.49. The first-order valence-electron chi connectivity index (χ1n) is 7.03. The molecule has 1 aliphatic rings. The van der Waals surface area contributed by atoms with E-state index >= 15 is 0 Å². The summed E-state index contributed by atoms with van der Waals surface area (Å²) in [4.78, 5) is 24.0. The lowest BCUT2D eigenvalue weighted by Gasteiger charge is -2.27. The van der Waals surface area contributed by atoms with Crippen LogP contribution in [0.1, 0.15) is 25.3 Å². The van der Waals surface area contributed by atoms with Gasteiger partial charge in [-0.15, -0.1) is 0 Å². The second kappa shape index (κ2) is 6.29. The van der Waals surface area contributed by atoms with Gasteiger partial charge in [0.2, 0.25) is 0 Å². The molecule has 1 atom stereocenters. The molecular formula is C15H17F2NO4. The van der Waals surface area contributed by atoms with Crippen molar-refractivity contribution >= 4 is 11.9 Å². The SMILES string of the molecule is CCOc1ccccc1C(F)(F)C(=O)N1CCC[C@@H]1C(=O)O. The third kappa shape index (κ3) is 2.88. The van der Waals surface area contributed by atoms with Crippen LogP contribution in [0.2, 0.25) is 0 Å². The smallest absolute Gasteiger partial charge is 0.353 e. The largest absolute Gasteiger partial charge is 0.493 e. The number of ether oxygens (including phenoxy) is 1. The van der Waals surface area contributed by atoms with Gasteiger partial charge < -0.3 is 14.7 Å². The molecule has 7 heteroatoms. The minimum atomic E-state index is -3.83. The molecular weight excluding hydrogens is 296 g/mol. The van der Waals surface area contributed by atoms with Crippen LogP contribution >= 0.6 is 0 Å². The zero-order valence-corrected chi connectivity index (χ0v) is 12.1. The van der Waals surface area contributed by atoms with Crippen LogP contribution in [0.25, 0.3) is 0 Å². The number of hydrogen-bond donors (Lipinski definition) is 1. The third-order valence-electron chi connectivity index (χ3n) is 3.59. The Labute approximate surface area is 126 Å². The highest BCUT2D eigenvalue weighted by Crippen LogP contribution is 2.38. The number of halogens is 2. The van der Waals surface area contributed by atoms with E-state index in [1.807, 2.05) is 0 Å². The molecule has 1 N–H and O–H groups in total. The Bertz CT molecular complexity index is 576. The fraction of sp³-hybridized carbons (Fsp3) is 0.467. The number of benzene rings is 1. The Morgan fingerprint density at radius 2 is 2.09 bits per heavy atom. The van der Waals surface area contributed by atoms with Crippen molar-refractivity contribution in [3.8, 4) is 5.75 Å². The molecule has 0 aromatic heterocycles. The van der Waals surface area contributed by atoms with Crippen LogP contribution in [0.15, 0.2) is 24.3 Å². The Kier molecular flexibility index (Phi) is 4.63. The molecule has 120 valence electrons. The monoisotopic (exact) mass is 313 g/mol. The molecule has 0 radical (unpaired) electrons. The van der Waals surface area contributed by atoms with E-state index in [4.69, 9.17) is 9.84 Å². The molecule has 0 bridgehead atoms. The first kappa shape index (κ1) is 16.2. The van der Waals surface area contributed by atoms with E-state index in [1.54, 1.807) is 6.92 Å². The van der Waals surface area contributed by atoms with Crippen LogP contribution < -0.4 is 4.74 Å². The molecule has 1 aromatic carbocycles. The predicted molar refractivity (Wildman–Crippen MR) is 73.9 cm³/mol. The van der Waals surface area contributed by atoms with E-state index in [9.17, 15) is 18.4 Å². The lowest BCUT2D eigenvalue weighted by Crippen LogP contribution is -2.47. The van der Waals surface area contributed by atoms with Crippen molar-refractivity contribution in [1.82, 2.24) is 4.90 Å². The summed E-state index contributed by atoms with van der Waals surface area (Å²) < 4.78 is 34.3. The molecule has 1 aromatic rings. The molecule has 1 saturated heterocycles. The average molecular weight is 313 g/mol. The van der Waals surface area contributed by atoms with Crippen molar-refractivity contribution in [3.05, 3.63) is 29.8 Å². The Morgan fingerprint density at radius 3 is 2.73 bits per heavy atom. The minimum absolute atomic E-state index is 0.0161. The summed E-state index contributed by atoms with van der Waals surface area (Å²) in [6.45, 7) is 1.85. The summed E-state index contributed by atoms with van der Waals surface area (Å²) >= 11 is 0. The van der Waals surface area contributed by atoms with Gasteiger partial charge in [0.15, 0.2) is 0 Å². The number of carboxylic acid groups (broad SMARTS) is 1. The van der Waals surface area contributed by atoms with Crippen LogP contribution in [0, 0.1) is 0 Å². The van der Waals surface area contributed by atoms with Crippen LogP contribution in [0.5, 0.6) is 5.75 Å². The van der Waals surface area contributed by atoms with Crippen LogP contribution in [0.4, 0.5) is 8.78 Å². The number of alkyl halides is 2. The molecule has 2 rings (SSSR count). The number of aliphatic carboxylic acids is 1. The molecule has 1 heterocycles. The summed E-state index contributed by atoms with van der Waals surface area (Å²) in [6.07, 6.45) is 0.580. The molecule has 0 unspecified atom stereocenters. The summed E-state index contributed by atoms with van der Waals surface area (Å²) in [5.74, 6) is -6.66. The predicted octanol–water partition coefficient (Wildman–Crippen LogP) is 2.25. The summed E-state index contributed by atoms with van der Waals surface area (Å²) in [5, 5.41) is 9.04. The van der Waals surface area contributed by atoms with Gasteiger partial charge >= 0.3 is 11.9 Å². The topological polar surface area (TPSA) is 66.8 Å². The molecule has 1 aliphatic heterocycles. The fourth-order valence-corrected chi connectivity index (χ4v) is 2.57. The molecule has 1 fully saturated rings. The molecule has 22 heavy (non-hydrogen) atoms. The van der Waals surface area contributed by atoms with Gasteiger partial charge in [-0.05, 0) is 31.9 Å². The van der Waals surface area contributed by atoms with Gasteiger partial charge in [-0.25, -0.2) is 4.79 Å². The third-order valence-corrected chi connectivity index (χ3v) is 3.59. The maximum absolute atomic E-state index is 14.6. The Balaban J connectivity index is 2.33. The van der Waals surface area contributed by atoms with Crippen LogP contribution in [-0.2, 0) is 15.5 Å². The second-order valence-corrected chi connectivity index (χ2v) is 5.00. The number of carboxylic acids is 1. The van der Waals surface area contributed by atoms with Crippen molar-refractivity contribution in [1.29, 1.82) is 0 Å². The Hall–Kier alpha value is -2.18. The maximum atomic E-state index is 14.6. The van der Waals surface area contributed by atoms with Crippen molar-refractivity contribution in [2.45, 2.75) is 31.7 Å². The fourth-order valence-electron chi connectivity index (χ4n) is 2.57. The van der Waals surface area contributed by atoms with Gasteiger partial charge in [-0.1, -0.05) is 12.1 Å². The number of carbonyl (C=O) groups is 2. The van der Waals surface area contributed by atoms with E-state index in [-0.39, 0.29) is 25.3 Å². The lowest BCUT2D eigenvalue weighted by molar-refractivity contribution is -0.164. The van der Waals surface area contributed by atoms with Gasteiger partial charge in [0.05, 0.1) is 12.2 Å². The first-order valence-corrected chi connectivity index (χ1v) is 7.03. The van der Waals surface area contributed by atoms with Gasteiger partial charge in [-0.2, -0.15) is 8.78 Å². The number of rotatable bonds is 5. The summed E-state index contributed by atoms with van der Waals surface area (Å²) in [5.41, 5.74) is -0.544. The number of hydrogen-bond acceptors (Lipinski definition) is 3. The van der Waals surface area contributed by atoms with Crippen molar-refractivity contribution in [2.24, 2.45) is 0 Å². The standard InChI is InChI=1S/C15H17F2NO4/c1-2-22-12-8-4-3-6-10(12)15(16,17)14(21)18-9-5-7-11(18)13(19)20/h3-4,6,8,11H,2,5,7,9H2,1H3,(H,19,20)/t11-/m1/s1. The number of para-hydroxylation sites is 1. The van der Waals surface area contributed by atoms with Gasteiger partial charge in [0.25, 0.3) is 5.91 Å². The van der Waals surface area contributed by atoms with Crippen molar-refractivity contribution in [2.75, 3.05) is 13.2 Å². The quantitative estimate of drug-likeness (QED) is 0.905. The average Bonchev–Trinajstić information content (AvgIpc) is 2.96. The van der Waals surface area contributed by atoms with Gasteiger partial charge in [0.1, 0.15) is 11.8 Å². The molecule has 5 nitrogen and oxygen atoms in total. The van der Waals surface area contributed by atoms with Crippen molar-refractivity contribution in [3.63, 3.8) is 0 Å². The van der Waals surface area contributed by atoms with E-state index in [2.05, 4.69) is 0 Å². The molecule has 0 saturated carbocycles. The highest BCUT2D eigenvalue weighted by atomic mass is 19.3. The maximum Gasteiger partial charge on any atom is 0.353 e. The van der Waals surface area contributed by atoms with Gasteiger partial charge in [-0.3, -0.25) is 4.79 Å². The number of nitrogens with zero attached hydrogens (tertiary/aromatic N) is 1.